The fraction of sp³-hybridized carbons (Fsp3) is 0.556. The van der Waals surface area contributed by atoms with Crippen molar-refractivity contribution in [1.82, 2.24) is 24.7 Å². The highest BCUT2D eigenvalue weighted by atomic mass is 32.2. The van der Waals surface area contributed by atoms with E-state index in [2.05, 4.69) is 33.6 Å². The Morgan fingerprint density at radius 3 is 3.04 bits per heavy atom. The van der Waals surface area contributed by atoms with Crippen LogP contribution >= 0.6 is 23.1 Å². The predicted octanol–water partition coefficient (Wildman–Crippen LogP) is 3.89. The van der Waals surface area contributed by atoms with Gasteiger partial charge in [0, 0.05) is 10.9 Å². The second-order valence-electron chi connectivity index (χ2n) is 7.50. The minimum atomic E-state index is 0.00756. The molecule has 3 aromatic heterocycles. The highest BCUT2D eigenvalue weighted by Gasteiger charge is 2.28. The second kappa shape index (κ2) is 6.20. The van der Waals surface area contributed by atoms with E-state index in [1.54, 1.807) is 29.4 Å². The van der Waals surface area contributed by atoms with E-state index in [-0.39, 0.29) is 10.8 Å². The van der Waals surface area contributed by atoms with Crippen LogP contribution in [-0.2, 0) is 12.8 Å². The van der Waals surface area contributed by atoms with Crippen molar-refractivity contribution in [2.75, 3.05) is 0 Å². The first kappa shape index (κ1) is 16.5. The molecule has 5 rings (SSSR count). The molecule has 2 unspecified atom stereocenters. The Labute approximate surface area is 159 Å². The molecule has 3 heterocycles. The summed E-state index contributed by atoms with van der Waals surface area (Å²) in [6, 6.07) is 0.542. The first-order valence-electron chi connectivity index (χ1n) is 9.20. The molecule has 3 aromatic rings. The highest BCUT2D eigenvalue weighted by molar-refractivity contribution is 7.99. The van der Waals surface area contributed by atoms with Crippen molar-refractivity contribution in [3.8, 4) is 0 Å². The molecule has 1 N–H and O–H groups in total. The number of hydrogen-bond acceptors (Lipinski definition) is 6. The van der Waals surface area contributed by atoms with E-state index in [0.29, 0.717) is 12.0 Å². The van der Waals surface area contributed by atoms with E-state index in [1.807, 2.05) is 0 Å². The Bertz CT molecular complexity index is 1030. The molecule has 0 bridgehead atoms. The van der Waals surface area contributed by atoms with E-state index in [4.69, 9.17) is 4.98 Å². The molecule has 1 fully saturated rings. The van der Waals surface area contributed by atoms with E-state index >= 15 is 0 Å². The summed E-state index contributed by atoms with van der Waals surface area (Å²) in [5.74, 6) is 1.42. The van der Waals surface area contributed by atoms with Crippen LogP contribution in [0.5, 0.6) is 0 Å². The molecule has 0 saturated heterocycles. The fourth-order valence-electron chi connectivity index (χ4n) is 3.69. The number of aryl methyl sites for hydroxylation is 1. The molecule has 0 radical (unpaired) electrons. The van der Waals surface area contributed by atoms with Gasteiger partial charge in [0.2, 0.25) is 0 Å². The minimum Gasteiger partial charge on any atom is -0.309 e. The number of aromatic nitrogens is 5. The van der Waals surface area contributed by atoms with E-state index in [0.717, 1.165) is 40.5 Å². The number of thiophene rings is 1. The molecule has 26 heavy (non-hydrogen) atoms. The molecule has 0 spiro atoms. The van der Waals surface area contributed by atoms with Crippen LogP contribution in [0.25, 0.3) is 10.2 Å². The van der Waals surface area contributed by atoms with Crippen molar-refractivity contribution in [3.05, 3.63) is 32.9 Å². The van der Waals surface area contributed by atoms with Gasteiger partial charge in [0.15, 0.2) is 5.16 Å². The zero-order valence-corrected chi connectivity index (χ0v) is 16.5. The fourth-order valence-corrected chi connectivity index (χ4v) is 6.03. The van der Waals surface area contributed by atoms with Gasteiger partial charge in [0.05, 0.1) is 10.6 Å². The summed E-state index contributed by atoms with van der Waals surface area (Å²) < 4.78 is 2.14. The first-order valence-corrected chi connectivity index (χ1v) is 10.9. The molecule has 6 nitrogen and oxygen atoms in total. The van der Waals surface area contributed by atoms with Gasteiger partial charge in [0.1, 0.15) is 17.0 Å². The van der Waals surface area contributed by atoms with Crippen molar-refractivity contribution >= 4 is 33.3 Å². The smallest absolute Gasteiger partial charge is 0.259 e. The molecule has 0 aliphatic heterocycles. The number of rotatable bonds is 4. The normalized spacial score (nSPS) is 21.1. The Morgan fingerprint density at radius 1 is 1.38 bits per heavy atom. The number of H-pyrrole nitrogens is 1. The van der Waals surface area contributed by atoms with Crippen LogP contribution in [0, 0.1) is 5.92 Å². The summed E-state index contributed by atoms with van der Waals surface area (Å²) in [6.45, 7) is 4.35. The Hall–Kier alpha value is -1.67. The third kappa shape index (κ3) is 2.79. The number of aromatic amines is 1. The molecule has 8 heteroatoms. The van der Waals surface area contributed by atoms with Crippen LogP contribution in [0.15, 0.2) is 16.3 Å². The van der Waals surface area contributed by atoms with Crippen LogP contribution in [0.3, 0.4) is 0 Å². The van der Waals surface area contributed by atoms with Gasteiger partial charge in [-0.15, -0.1) is 21.5 Å². The molecular formula is C18H21N5OS2. The van der Waals surface area contributed by atoms with Gasteiger partial charge < -0.3 is 9.55 Å². The maximum Gasteiger partial charge on any atom is 0.259 e. The molecule has 2 atom stereocenters. The summed E-state index contributed by atoms with van der Waals surface area (Å²) in [7, 11) is 0. The van der Waals surface area contributed by atoms with Crippen molar-refractivity contribution in [1.29, 1.82) is 0 Å². The maximum atomic E-state index is 12.8. The Morgan fingerprint density at radius 2 is 2.23 bits per heavy atom. The third-order valence-electron chi connectivity index (χ3n) is 5.33. The van der Waals surface area contributed by atoms with Crippen molar-refractivity contribution in [2.24, 2.45) is 5.92 Å². The average Bonchev–Trinajstić information content (AvgIpc) is 3.23. The maximum absolute atomic E-state index is 12.8. The summed E-state index contributed by atoms with van der Waals surface area (Å²) in [5.41, 5.74) is 1.24. The van der Waals surface area contributed by atoms with Crippen LogP contribution in [0.4, 0.5) is 0 Å². The summed E-state index contributed by atoms with van der Waals surface area (Å²) >= 11 is 3.31. The molecule has 2 aliphatic carbocycles. The Kier molecular flexibility index (Phi) is 3.93. The van der Waals surface area contributed by atoms with Crippen LogP contribution in [-0.4, -0.2) is 24.7 Å². The summed E-state index contributed by atoms with van der Waals surface area (Å²) in [4.78, 5) is 22.9. The predicted molar refractivity (Wildman–Crippen MR) is 104 cm³/mol. The number of hydrogen-bond donors (Lipinski definition) is 1. The number of nitrogens with one attached hydrogen (secondary N) is 1. The van der Waals surface area contributed by atoms with Gasteiger partial charge in [-0.05, 0) is 50.5 Å². The summed E-state index contributed by atoms with van der Waals surface area (Å²) in [6.07, 6.45) is 7.42. The lowest BCUT2D eigenvalue weighted by Crippen LogP contribution is -2.15. The third-order valence-corrected chi connectivity index (χ3v) is 7.56. The molecule has 1 saturated carbocycles. The molecule has 0 amide bonds. The van der Waals surface area contributed by atoms with Crippen LogP contribution < -0.4 is 5.56 Å². The largest absolute Gasteiger partial charge is 0.309 e. The highest BCUT2D eigenvalue weighted by Crippen LogP contribution is 2.41. The van der Waals surface area contributed by atoms with E-state index in [1.165, 1.54) is 23.3 Å². The van der Waals surface area contributed by atoms with Gasteiger partial charge in [-0.1, -0.05) is 18.7 Å². The van der Waals surface area contributed by atoms with E-state index < -0.39 is 0 Å². The van der Waals surface area contributed by atoms with Gasteiger partial charge in [0.25, 0.3) is 5.56 Å². The van der Waals surface area contributed by atoms with Crippen molar-refractivity contribution < 1.29 is 0 Å². The quantitative estimate of drug-likeness (QED) is 0.687. The van der Waals surface area contributed by atoms with Crippen molar-refractivity contribution in [2.45, 2.75) is 62.4 Å². The number of nitrogens with zero attached hydrogens (tertiary/aromatic N) is 4. The molecular weight excluding hydrogens is 366 g/mol. The number of fused-ring (bicyclic) bond motifs is 3. The van der Waals surface area contributed by atoms with Gasteiger partial charge in [-0.25, -0.2) is 4.98 Å². The molecule has 2 aliphatic rings. The standard InChI is InChI=1S/C18H21N5OS2/c1-9-3-6-12-13(7-9)26-17-14(12)16(24)20-15(21-17)10(2)25-18-22-19-8-23(18)11-4-5-11/h8-11H,3-7H2,1-2H3,(H,20,21,24). The molecule has 136 valence electrons. The topological polar surface area (TPSA) is 76.5 Å². The zero-order valence-electron chi connectivity index (χ0n) is 14.9. The van der Waals surface area contributed by atoms with Crippen LogP contribution in [0.2, 0.25) is 0 Å². The van der Waals surface area contributed by atoms with Gasteiger partial charge in [-0.2, -0.15) is 0 Å². The van der Waals surface area contributed by atoms with E-state index in [9.17, 15) is 4.79 Å². The van der Waals surface area contributed by atoms with Crippen molar-refractivity contribution in [3.63, 3.8) is 0 Å². The minimum absolute atomic E-state index is 0.00756. The second-order valence-corrected chi connectivity index (χ2v) is 9.89. The van der Waals surface area contributed by atoms with Gasteiger partial charge >= 0.3 is 0 Å². The lowest BCUT2D eigenvalue weighted by Gasteiger charge is -2.17. The average molecular weight is 388 g/mol. The zero-order chi connectivity index (χ0) is 17.8. The SMILES string of the molecule is CC1CCc2c(sc3nc(C(C)Sc4nncn4C4CC4)[nH]c(=O)c23)C1. The molecule has 0 aromatic carbocycles. The van der Waals surface area contributed by atoms with Crippen LogP contribution in [0.1, 0.15) is 60.7 Å². The summed E-state index contributed by atoms with van der Waals surface area (Å²) in [5, 5.41) is 10.0. The van der Waals surface area contributed by atoms with Gasteiger partial charge in [-0.3, -0.25) is 4.79 Å². The lowest BCUT2D eigenvalue weighted by molar-refractivity contribution is 0.509. The number of thioether (sulfide) groups is 1. The Balaban J connectivity index is 1.49. The first-order chi connectivity index (χ1) is 12.6. The monoisotopic (exact) mass is 387 g/mol. The lowest BCUT2D eigenvalue weighted by atomic mass is 9.89.